The second-order valence-electron chi connectivity index (χ2n) is 5.12. The molecule has 1 aliphatic rings. The molecule has 1 atom stereocenters. The van der Waals surface area contributed by atoms with E-state index in [1.54, 1.807) is 0 Å². The van der Waals surface area contributed by atoms with Gasteiger partial charge in [0.05, 0.1) is 0 Å². The van der Waals surface area contributed by atoms with Crippen molar-refractivity contribution in [2.75, 3.05) is 20.1 Å². The van der Waals surface area contributed by atoms with Crippen molar-refractivity contribution < 1.29 is 0 Å². The fourth-order valence-corrected chi connectivity index (χ4v) is 2.50. The van der Waals surface area contributed by atoms with Crippen molar-refractivity contribution in [3.8, 4) is 0 Å². The number of likely N-dealkylation sites (N-methyl/N-ethyl adjacent to an activating group) is 1. The average Bonchev–Trinajstić information content (AvgIpc) is 3.06. The number of H-pyrrole nitrogens is 1. The number of likely N-dealkylation sites (tertiary alicyclic amines) is 1. The van der Waals surface area contributed by atoms with Crippen LogP contribution < -0.4 is 11.5 Å². The molecular formula is C15H24N4. The summed E-state index contributed by atoms with van der Waals surface area (Å²) in [6.45, 7) is 2.67. The lowest BCUT2D eigenvalue weighted by Crippen LogP contribution is -2.31. The second kappa shape index (κ2) is 6.70. The van der Waals surface area contributed by atoms with E-state index in [4.69, 9.17) is 11.5 Å². The zero-order chi connectivity index (χ0) is 13.7. The molecule has 1 aromatic heterocycles. The van der Waals surface area contributed by atoms with Crippen molar-refractivity contribution in [3.63, 3.8) is 0 Å². The predicted octanol–water partition coefficient (Wildman–Crippen LogP) is 1.67. The molecule has 0 amide bonds. The van der Waals surface area contributed by atoms with Gasteiger partial charge in [-0.3, -0.25) is 0 Å². The summed E-state index contributed by atoms with van der Waals surface area (Å²) in [6.07, 6.45) is 4.57. The van der Waals surface area contributed by atoms with Gasteiger partial charge in [-0.2, -0.15) is 0 Å². The summed E-state index contributed by atoms with van der Waals surface area (Å²) in [7, 11) is 2.14. The van der Waals surface area contributed by atoms with Gasteiger partial charge in [-0.15, -0.1) is 0 Å². The van der Waals surface area contributed by atoms with Gasteiger partial charge in [0.25, 0.3) is 0 Å². The van der Waals surface area contributed by atoms with Gasteiger partial charge in [-0.1, -0.05) is 12.1 Å². The summed E-state index contributed by atoms with van der Waals surface area (Å²) in [5.41, 5.74) is 13.3. The third kappa shape index (κ3) is 3.56. The summed E-state index contributed by atoms with van der Waals surface area (Å²) < 4.78 is 0. The normalized spacial score (nSPS) is 19.4. The minimum Gasteiger partial charge on any atom is -0.361 e. The Kier molecular flexibility index (Phi) is 4.96. The zero-order valence-corrected chi connectivity index (χ0v) is 11.6. The van der Waals surface area contributed by atoms with E-state index in [0.29, 0.717) is 12.6 Å². The number of benzene rings is 1. The lowest BCUT2D eigenvalue weighted by atomic mass is 10.2. The molecule has 0 aliphatic carbocycles. The first-order valence-electron chi connectivity index (χ1n) is 6.91. The Morgan fingerprint density at radius 2 is 2.16 bits per heavy atom. The molecule has 4 nitrogen and oxygen atoms in total. The molecule has 1 aliphatic heterocycles. The fourth-order valence-electron chi connectivity index (χ4n) is 2.50. The van der Waals surface area contributed by atoms with E-state index in [0.717, 1.165) is 12.1 Å². The van der Waals surface area contributed by atoms with Gasteiger partial charge in [-0.05, 0) is 49.5 Å². The van der Waals surface area contributed by atoms with Crippen molar-refractivity contribution >= 4 is 10.9 Å². The van der Waals surface area contributed by atoms with Gasteiger partial charge in [0.15, 0.2) is 0 Å². The van der Waals surface area contributed by atoms with Crippen LogP contribution in [0.15, 0.2) is 30.5 Å². The first-order chi connectivity index (χ1) is 9.24. The maximum absolute atomic E-state index is 5.50. The lowest BCUT2D eigenvalue weighted by molar-refractivity contribution is 0.317. The highest BCUT2D eigenvalue weighted by Crippen LogP contribution is 2.13. The molecule has 1 saturated heterocycles. The number of hydrogen-bond acceptors (Lipinski definition) is 3. The maximum Gasteiger partial charge on any atom is 0.0457 e. The zero-order valence-electron chi connectivity index (χ0n) is 11.6. The SMILES string of the molecule is CN1CCCC1CN.NCc1ccc2cc[nH]c2c1. The highest BCUT2D eigenvalue weighted by Gasteiger charge is 2.17. The third-order valence-electron chi connectivity index (χ3n) is 3.80. The van der Waals surface area contributed by atoms with Gasteiger partial charge in [0.1, 0.15) is 0 Å². The Labute approximate surface area is 114 Å². The van der Waals surface area contributed by atoms with Crippen molar-refractivity contribution in [2.24, 2.45) is 11.5 Å². The summed E-state index contributed by atoms with van der Waals surface area (Å²) >= 11 is 0. The lowest BCUT2D eigenvalue weighted by Gasteiger charge is -2.15. The van der Waals surface area contributed by atoms with Crippen LogP contribution in [-0.2, 0) is 6.54 Å². The first kappa shape index (κ1) is 14.1. The van der Waals surface area contributed by atoms with Gasteiger partial charge < -0.3 is 21.4 Å². The van der Waals surface area contributed by atoms with Crippen LogP contribution in [0.3, 0.4) is 0 Å². The molecule has 5 N–H and O–H groups in total. The van der Waals surface area contributed by atoms with Crippen LogP contribution in [0.5, 0.6) is 0 Å². The van der Waals surface area contributed by atoms with Crippen LogP contribution in [0.25, 0.3) is 10.9 Å². The molecule has 4 heteroatoms. The first-order valence-corrected chi connectivity index (χ1v) is 6.91. The summed E-state index contributed by atoms with van der Waals surface area (Å²) in [5, 5.41) is 1.24. The molecule has 1 aromatic carbocycles. The summed E-state index contributed by atoms with van der Waals surface area (Å²) in [5.74, 6) is 0. The van der Waals surface area contributed by atoms with Crippen LogP contribution >= 0.6 is 0 Å². The van der Waals surface area contributed by atoms with E-state index < -0.39 is 0 Å². The van der Waals surface area contributed by atoms with Crippen LogP contribution in [0.1, 0.15) is 18.4 Å². The molecule has 0 saturated carbocycles. The quantitative estimate of drug-likeness (QED) is 0.769. The van der Waals surface area contributed by atoms with Crippen molar-refractivity contribution in [1.82, 2.24) is 9.88 Å². The van der Waals surface area contributed by atoms with E-state index in [1.807, 2.05) is 6.20 Å². The molecule has 0 radical (unpaired) electrons. The fraction of sp³-hybridized carbons (Fsp3) is 0.467. The van der Waals surface area contributed by atoms with Crippen LogP contribution in [0, 0.1) is 0 Å². The Morgan fingerprint density at radius 1 is 1.32 bits per heavy atom. The summed E-state index contributed by atoms with van der Waals surface area (Å²) in [4.78, 5) is 5.47. The molecule has 2 aromatic rings. The monoisotopic (exact) mass is 260 g/mol. The number of fused-ring (bicyclic) bond motifs is 1. The third-order valence-corrected chi connectivity index (χ3v) is 3.80. The number of aromatic amines is 1. The maximum atomic E-state index is 5.50. The molecule has 104 valence electrons. The van der Waals surface area contributed by atoms with E-state index in [-0.39, 0.29) is 0 Å². The number of nitrogens with zero attached hydrogens (tertiary/aromatic N) is 1. The highest BCUT2D eigenvalue weighted by atomic mass is 15.2. The number of hydrogen-bond donors (Lipinski definition) is 3. The van der Waals surface area contributed by atoms with Crippen LogP contribution in [0.4, 0.5) is 0 Å². The predicted molar refractivity (Wildman–Crippen MR) is 80.9 cm³/mol. The molecule has 0 bridgehead atoms. The number of nitrogens with two attached hydrogens (primary N) is 2. The van der Waals surface area contributed by atoms with Gasteiger partial charge >= 0.3 is 0 Å². The van der Waals surface area contributed by atoms with Crippen LogP contribution in [-0.4, -0.2) is 36.1 Å². The highest BCUT2D eigenvalue weighted by molar-refractivity contribution is 5.79. The van der Waals surface area contributed by atoms with Gasteiger partial charge in [-0.25, -0.2) is 0 Å². The second-order valence-corrected chi connectivity index (χ2v) is 5.12. The smallest absolute Gasteiger partial charge is 0.0457 e. The Balaban J connectivity index is 0.000000148. The van der Waals surface area contributed by atoms with Gasteiger partial charge in [0.2, 0.25) is 0 Å². The summed E-state index contributed by atoms with van der Waals surface area (Å²) in [6, 6.07) is 8.94. The molecule has 1 fully saturated rings. The van der Waals surface area contributed by atoms with E-state index in [9.17, 15) is 0 Å². The number of nitrogens with one attached hydrogen (secondary N) is 1. The molecular weight excluding hydrogens is 236 g/mol. The molecule has 2 heterocycles. The van der Waals surface area contributed by atoms with E-state index in [2.05, 4.69) is 41.2 Å². The molecule has 0 spiro atoms. The van der Waals surface area contributed by atoms with E-state index in [1.165, 1.54) is 30.3 Å². The Morgan fingerprint density at radius 3 is 2.74 bits per heavy atom. The Bertz CT molecular complexity index is 506. The Hall–Kier alpha value is -1.36. The number of aromatic nitrogens is 1. The minimum atomic E-state index is 0.606. The van der Waals surface area contributed by atoms with Gasteiger partial charge in [0, 0.05) is 30.8 Å². The molecule has 1 unspecified atom stereocenters. The minimum absolute atomic E-state index is 0.606. The van der Waals surface area contributed by atoms with E-state index >= 15 is 0 Å². The average molecular weight is 260 g/mol. The van der Waals surface area contributed by atoms with Crippen LogP contribution in [0.2, 0.25) is 0 Å². The topological polar surface area (TPSA) is 71.1 Å². The number of rotatable bonds is 2. The van der Waals surface area contributed by atoms with Crippen molar-refractivity contribution in [3.05, 3.63) is 36.0 Å². The largest absolute Gasteiger partial charge is 0.361 e. The van der Waals surface area contributed by atoms with Crippen molar-refractivity contribution in [2.45, 2.75) is 25.4 Å². The standard InChI is InChI=1S/C9H10N2.C6H14N2/c10-6-7-1-2-8-3-4-11-9(8)5-7;1-8-4-2-3-6(8)5-7/h1-5,11H,6,10H2;6H,2-5,7H2,1H3. The van der Waals surface area contributed by atoms with Crippen molar-refractivity contribution in [1.29, 1.82) is 0 Å². The molecule has 19 heavy (non-hydrogen) atoms. The molecule has 3 rings (SSSR count).